The largest absolute Gasteiger partial charge is 0.465 e. The van der Waals surface area contributed by atoms with Crippen LogP contribution in [0.25, 0.3) is 0 Å². The lowest BCUT2D eigenvalue weighted by atomic mass is 9.71. The summed E-state index contributed by atoms with van der Waals surface area (Å²) in [6.07, 6.45) is -0.435. The molecule has 0 radical (unpaired) electrons. The van der Waals surface area contributed by atoms with Gasteiger partial charge in [0, 0.05) is 50.1 Å². The van der Waals surface area contributed by atoms with Gasteiger partial charge in [0.25, 0.3) is 5.91 Å². The summed E-state index contributed by atoms with van der Waals surface area (Å²) in [5.74, 6) is -2.07. The summed E-state index contributed by atoms with van der Waals surface area (Å²) in [6, 6.07) is 12.8. The first kappa shape index (κ1) is 26.6. The number of likely N-dealkylation sites (N-methyl/N-ethyl adjacent to an activating group) is 1. The van der Waals surface area contributed by atoms with Crippen molar-refractivity contribution in [2.45, 2.75) is 31.2 Å². The van der Waals surface area contributed by atoms with Gasteiger partial charge in [-0.15, -0.1) is 0 Å². The summed E-state index contributed by atoms with van der Waals surface area (Å²) in [7, 11) is 0. The van der Waals surface area contributed by atoms with Crippen LogP contribution in [0.2, 0.25) is 5.02 Å². The highest BCUT2D eigenvalue weighted by molar-refractivity contribution is 6.30. The van der Waals surface area contributed by atoms with Crippen molar-refractivity contribution < 1.29 is 23.9 Å². The average molecular weight is 527 g/mol. The van der Waals surface area contributed by atoms with Gasteiger partial charge in [0.05, 0.1) is 16.7 Å². The minimum atomic E-state index is -1.41. The normalized spacial score (nSPS) is 21.9. The maximum Gasteiger partial charge on any atom is 0.408 e. The third-order valence-corrected chi connectivity index (χ3v) is 7.84. The van der Waals surface area contributed by atoms with E-state index in [-0.39, 0.29) is 29.8 Å². The fraction of sp³-hybridized carbons (Fsp3) is 0.407. The number of likely N-dealkylation sites (tertiary alicyclic amines) is 1. The zero-order valence-electron chi connectivity index (χ0n) is 20.4. The molecule has 2 atom stereocenters. The second-order valence-electron chi connectivity index (χ2n) is 9.43. The Bertz CT molecular complexity index is 1240. The molecule has 0 aromatic heterocycles. The molecule has 2 aliphatic rings. The first-order valence-corrected chi connectivity index (χ1v) is 12.6. The maximum absolute atomic E-state index is 14.4. The molecular formula is C27H28ClFN4O4. The Hall–Kier alpha value is -3.48. The van der Waals surface area contributed by atoms with Gasteiger partial charge in [0.1, 0.15) is 11.4 Å². The molecule has 2 amide bonds. The first-order chi connectivity index (χ1) is 17.7. The summed E-state index contributed by atoms with van der Waals surface area (Å²) in [4.78, 5) is 42.3. The van der Waals surface area contributed by atoms with E-state index in [0.29, 0.717) is 49.2 Å². The molecule has 2 saturated heterocycles. The van der Waals surface area contributed by atoms with E-state index in [1.54, 1.807) is 42.2 Å². The Morgan fingerprint density at radius 3 is 2.46 bits per heavy atom. The minimum absolute atomic E-state index is 0.0449. The zero-order valence-corrected chi connectivity index (χ0v) is 21.2. The van der Waals surface area contributed by atoms with Crippen molar-refractivity contribution in [2.24, 2.45) is 5.92 Å². The molecular weight excluding hydrogens is 499 g/mol. The number of piperidine rings is 1. The van der Waals surface area contributed by atoms with Gasteiger partial charge < -0.3 is 15.3 Å². The van der Waals surface area contributed by atoms with Crippen LogP contribution in [0.5, 0.6) is 0 Å². The number of ketones is 1. The Labute approximate surface area is 219 Å². The molecule has 2 aliphatic heterocycles. The third-order valence-electron chi connectivity index (χ3n) is 7.53. The fourth-order valence-corrected chi connectivity index (χ4v) is 5.77. The molecule has 0 unspecified atom stereocenters. The molecule has 194 valence electrons. The molecule has 0 saturated carbocycles. The van der Waals surface area contributed by atoms with Gasteiger partial charge in [-0.2, -0.15) is 5.26 Å². The topological polar surface area (TPSA) is 114 Å². The Kier molecular flexibility index (Phi) is 7.81. The summed E-state index contributed by atoms with van der Waals surface area (Å²) in [5, 5.41) is 22.2. The molecule has 2 aromatic rings. The van der Waals surface area contributed by atoms with Crippen molar-refractivity contribution in [3.05, 3.63) is 70.0 Å². The number of amides is 2. The van der Waals surface area contributed by atoms with E-state index in [1.807, 2.05) is 6.07 Å². The van der Waals surface area contributed by atoms with Crippen LogP contribution in [0.15, 0.2) is 42.5 Å². The van der Waals surface area contributed by atoms with Gasteiger partial charge >= 0.3 is 6.09 Å². The molecule has 8 nitrogen and oxygen atoms in total. The predicted molar refractivity (Wildman–Crippen MR) is 135 cm³/mol. The van der Waals surface area contributed by atoms with E-state index in [0.717, 1.165) is 0 Å². The van der Waals surface area contributed by atoms with Crippen LogP contribution >= 0.6 is 11.6 Å². The van der Waals surface area contributed by atoms with Crippen LogP contribution in [0.3, 0.4) is 0 Å². The molecule has 0 spiro atoms. The highest BCUT2D eigenvalue weighted by Gasteiger charge is 2.56. The summed E-state index contributed by atoms with van der Waals surface area (Å²) >= 11 is 5.87. The monoisotopic (exact) mass is 526 g/mol. The van der Waals surface area contributed by atoms with Crippen molar-refractivity contribution in [3.63, 3.8) is 0 Å². The standard InChI is InChI=1S/C27H28ClFN4O4/c1-2-33(26(36)37)27(16-31-15-21(27)20-7-8-22(28)23(29)13-20)24(34)18-9-11-32(12-10-18)25(35)19-5-3-17(14-30)4-6-19/h3-8,13,18,21,31H,2,9-12,15-16H2,1H3,(H,36,37)/t21-,27+/m0/s1. The highest BCUT2D eigenvalue weighted by Crippen LogP contribution is 2.42. The number of nitrogens with one attached hydrogen (secondary N) is 1. The molecule has 10 heteroatoms. The van der Waals surface area contributed by atoms with Crippen molar-refractivity contribution in [1.29, 1.82) is 5.26 Å². The van der Waals surface area contributed by atoms with Crippen molar-refractivity contribution in [3.8, 4) is 6.07 Å². The molecule has 0 bridgehead atoms. The van der Waals surface area contributed by atoms with E-state index >= 15 is 0 Å². The van der Waals surface area contributed by atoms with E-state index < -0.39 is 29.3 Å². The number of nitriles is 1. The van der Waals surface area contributed by atoms with Crippen LogP contribution in [-0.2, 0) is 4.79 Å². The number of rotatable bonds is 6. The molecule has 0 aliphatic carbocycles. The molecule has 37 heavy (non-hydrogen) atoms. The first-order valence-electron chi connectivity index (χ1n) is 12.2. The van der Waals surface area contributed by atoms with Gasteiger partial charge in [0.15, 0.2) is 5.78 Å². The molecule has 4 rings (SSSR count). The van der Waals surface area contributed by atoms with E-state index in [2.05, 4.69) is 5.32 Å². The van der Waals surface area contributed by atoms with Gasteiger partial charge in [0.2, 0.25) is 0 Å². The second-order valence-corrected chi connectivity index (χ2v) is 9.84. The quantitative estimate of drug-likeness (QED) is 0.590. The molecule has 2 aromatic carbocycles. The third kappa shape index (κ3) is 4.91. The van der Waals surface area contributed by atoms with Crippen LogP contribution in [0, 0.1) is 23.1 Å². The lowest BCUT2D eigenvalue weighted by Crippen LogP contribution is -2.63. The number of carbonyl (C=O) groups excluding carboxylic acids is 2. The number of benzene rings is 2. The van der Waals surface area contributed by atoms with Crippen LogP contribution in [0.1, 0.15) is 47.2 Å². The fourth-order valence-electron chi connectivity index (χ4n) is 5.65. The number of hydrogen-bond donors (Lipinski definition) is 2. The second kappa shape index (κ2) is 10.9. The predicted octanol–water partition coefficient (Wildman–Crippen LogP) is 3.90. The van der Waals surface area contributed by atoms with Crippen molar-refractivity contribution >= 4 is 29.4 Å². The zero-order chi connectivity index (χ0) is 26.7. The van der Waals surface area contributed by atoms with E-state index in [4.69, 9.17) is 16.9 Å². The number of nitrogens with zero attached hydrogens (tertiary/aromatic N) is 3. The number of carboxylic acid groups (broad SMARTS) is 1. The van der Waals surface area contributed by atoms with E-state index in [1.165, 1.54) is 17.0 Å². The summed E-state index contributed by atoms with van der Waals surface area (Å²) in [5.41, 5.74) is 0.0250. The van der Waals surface area contributed by atoms with Gasteiger partial charge in [-0.05, 0) is 61.7 Å². The number of hydrogen-bond acceptors (Lipinski definition) is 5. The highest BCUT2D eigenvalue weighted by atomic mass is 35.5. The van der Waals surface area contributed by atoms with Gasteiger partial charge in [-0.1, -0.05) is 17.7 Å². The summed E-state index contributed by atoms with van der Waals surface area (Å²) in [6.45, 7) is 2.89. The average Bonchev–Trinajstić information content (AvgIpc) is 3.35. The summed E-state index contributed by atoms with van der Waals surface area (Å²) < 4.78 is 14.4. The number of Topliss-reactive ketones (excluding diaryl/α,β-unsaturated/α-hetero) is 1. The van der Waals surface area contributed by atoms with Crippen molar-refractivity contribution in [1.82, 2.24) is 15.1 Å². The van der Waals surface area contributed by atoms with Crippen LogP contribution in [-0.4, -0.2) is 71.0 Å². The van der Waals surface area contributed by atoms with E-state index in [9.17, 15) is 23.9 Å². The maximum atomic E-state index is 14.4. The lowest BCUT2D eigenvalue weighted by molar-refractivity contribution is -0.135. The SMILES string of the molecule is CCN(C(=O)O)[C@]1(C(=O)C2CCN(C(=O)c3ccc(C#N)cc3)CC2)CNC[C@H]1c1ccc(Cl)c(F)c1. The van der Waals surface area contributed by atoms with Crippen molar-refractivity contribution in [2.75, 3.05) is 32.7 Å². The number of halogens is 2. The number of carbonyl (C=O) groups is 3. The Morgan fingerprint density at radius 2 is 1.89 bits per heavy atom. The molecule has 2 heterocycles. The molecule has 2 fully saturated rings. The van der Waals surface area contributed by atoms with Crippen LogP contribution < -0.4 is 5.32 Å². The van der Waals surface area contributed by atoms with Gasteiger partial charge in [-0.3, -0.25) is 14.5 Å². The van der Waals surface area contributed by atoms with Gasteiger partial charge in [-0.25, -0.2) is 9.18 Å². The smallest absolute Gasteiger partial charge is 0.408 e. The minimum Gasteiger partial charge on any atom is -0.465 e. The Balaban J connectivity index is 1.58. The van der Waals surface area contributed by atoms with Crippen LogP contribution in [0.4, 0.5) is 9.18 Å². The Morgan fingerprint density at radius 1 is 1.22 bits per heavy atom. The lowest BCUT2D eigenvalue weighted by Gasteiger charge is -2.44. The molecule has 2 N–H and O–H groups in total.